The van der Waals surface area contributed by atoms with Gasteiger partial charge in [-0.25, -0.2) is 0 Å². The van der Waals surface area contributed by atoms with Crippen LogP contribution in [-0.2, 0) is 4.79 Å². The molecule has 1 atom stereocenters. The third-order valence-corrected chi connectivity index (χ3v) is 4.41. The normalized spacial score (nSPS) is 22.0. The molecule has 114 valence electrons. The van der Waals surface area contributed by atoms with E-state index >= 15 is 0 Å². The number of β-amino-alcohol motifs (C(OH)–C–C–N with tert-alkyl or cyclic N) is 1. The van der Waals surface area contributed by atoms with Crippen molar-refractivity contribution in [1.82, 2.24) is 10.2 Å². The Morgan fingerprint density at radius 1 is 1.43 bits per heavy atom. The maximum atomic E-state index is 12.5. The van der Waals surface area contributed by atoms with E-state index in [2.05, 4.69) is 21.2 Å². The zero-order valence-corrected chi connectivity index (χ0v) is 13.5. The van der Waals surface area contributed by atoms with Gasteiger partial charge in [0.2, 0.25) is 5.91 Å². The lowest BCUT2D eigenvalue weighted by molar-refractivity contribution is -0.127. The number of nitrogens with zero attached hydrogens (tertiary/aromatic N) is 1. The highest BCUT2D eigenvalue weighted by Crippen LogP contribution is 2.27. The van der Waals surface area contributed by atoms with Gasteiger partial charge < -0.3 is 15.3 Å². The molecule has 2 N–H and O–H groups in total. The van der Waals surface area contributed by atoms with E-state index in [4.69, 9.17) is 0 Å². The highest BCUT2D eigenvalue weighted by atomic mass is 79.9. The molecule has 1 aliphatic rings. The van der Waals surface area contributed by atoms with E-state index < -0.39 is 5.60 Å². The standard InChI is InChI=1S/C15H19BrN2O3/c1-17-13(19)9-15(21)7-4-8-18(10-15)14(20)11-5-2-3-6-12(11)16/h2-3,5-6,21H,4,7-10H2,1H3,(H,17,19). The fourth-order valence-corrected chi connectivity index (χ4v) is 3.08. The number of rotatable bonds is 3. The SMILES string of the molecule is CNC(=O)CC1(O)CCCN(C(=O)c2ccccc2Br)C1. The molecular formula is C15H19BrN2O3. The lowest BCUT2D eigenvalue weighted by Gasteiger charge is -2.39. The van der Waals surface area contributed by atoms with Crippen molar-refractivity contribution in [2.45, 2.75) is 24.9 Å². The van der Waals surface area contributed by atoms with Crippen molar-refractivity contribution in [2.75, 3.05) is 20.1 Å². The Kier molecular flexibility index (Phi) is 5.00. The molecule has 1 heterocycles. The van der Waals surface area contributed by atoms with Gasteiger partial charge in [-0.3, -0.25) is 9.59 Å². The van der Waals surface area contributed by atoms with Crippen LogP contribution in [0.3, 0.4) is 0 Å². The van der Waals surface area contributed by atoms with Crippen molar-refractivity contribution in [2.24, 2.45) is 0 Å². The number of amides is 2. The quantitative estimate of drug-likeness (QED) is 0.865. The van der Waals surface area contributed by atoms with Crippen molar-refractivity contribution >= 4 is 27.7 Å². The number of carbonyl (C=O) groups is 2. The molecular weight excluding hydrogens is 336 g/mol. The number of piperidine rings is 1. The summed E-state index contributed by atoms with van der Waals surface area (Å²) in [6.45, 7) is 0.775. The van der Waals surface area contributed by atoms with Gasteiger partial charge >= 0.3 is 0 Å². The number of hydrogen-bond acceptors (Lipinski definition) is 3. The molecule has 0 spiro atoms. The van der Waals surface area contributed by atoms with E-state index in [9.17, 15) is 14.7 Å². The Morgan fingerprint density at radius 2 is 2.14 bits per heavy atom. The van der Waals surface area contributed by atoms with Crippen LogP contribution >= 0.6 is 15.9 Å². The Labute approximate surface area is 132 Å². The Balaban J connectivity index is 2.12. The van der Waals surface area contributed by atoms with Gasteiger partial charge in [0, 0.05) is 18.1 Å². The molecule has 1 aromatic carbocycles. The first-order valence-corrected chi connectivity index (χ1v) is 7.71. The summed E-state index contributed by atoms with van der Waals surface area (Å²) >= 11 is 3.37. The van der Waals surface area contributed by atoms with Crippen LogP contribution in [0.15, 0.2) is 28.7 Å². The van der Waals surface area contributed by atoms with Gasteiger partial charge in [0.25, 0.3) is 5.91 Å². The van der Waals surface area contributed by atoms with E-state index in [0.29, 0.717) is 24.9 Å². The molecule has 1 unspecified atom stereocenters. The molecule has 0 bridgehead atoms. The lowest BCUT2D eigenvalue weighted by atomic mass is 9.89. The topological polar surface area (TPSA) is 69.6 Å². The molecule has 0 saturated carbocycles. The second kappa shape index (κ2) is 6.58. The summed E-state index contributed by atoms with van der Waals surface area (Å²) in [5.41, 5.74) is -0.573. The number of aliphatic hydroxyl groups is 1. The molecule has 0 aliphatic carbocycles. The van der Waals surface area contributed by atoms with Gasteiger partial charge in [0.05, 0.1) is 24.1 Å². The highest BCUT2D eigenvalue weighted by Gasteiger charge is 2.37. The van der Waals surface area contributed by atoms with Gasteiger partial charge in [0.15, 0.2) is 0 Å². The lowest BCUT2D eigenvalue weighted by Crippen LogP contribution is -2.52. The molecule has 1 aliphatic heterocycles. The van der Waals surface area contributed by atoms with Crippen LogP contribution in [0.2, 0.25) is 0 Å². The molecule has 6 heteroatoms. The molecule has 0 aromatic heterocycles. The first kappa shape index (κ1) is 16.0. The van der Waals surface area contributed by atoms with Crippen LogP contribution < -0.4 is 5.32 Å². The average molecular weight is 355 g/mol. The maximum Gasteiger partial charge on any atom is 0.255 e. The molecule has 21 heavy (non-hydrogen) atoms. The number of hydrogen-bond donors (Lipinski definition) is 2. The minimum Gasteiger partial charge on any atom is -0.388 e. The van der Waals surface area contributed by atoms with Crippen molar-refractivity contribution in [1.29, 1.82) is 0 Å². The van der Waals surface area contributed by atoms with Gasteiger partial charge in [0.1, 0.15) is 0 Å². The largest absolute Gasteiger partial charge is 0.388 e. The third-order valence-electron chi connectivity index (χ3n) is 3.72. The second-order valence-electron chi connectivity index (χ2n) is 5.38. The minimum atomic E-state index is -1.14. The monoisotopic (exact) mass is 354 g/mol. The summed E-state index contributed by atoms with van der Waals surface area (Å²) in [4.78, 5) is 25.7. The van der Waals surface area contributed by atoms with Crippen LogP contribution in [0.5, 0.6) is 0 Å². The van der Waals surface area contributed by atoms with Crippen molar-refractivity contribution < 1.29 is 14.7 Å². The summed E-state index contributed by atoms with van der Waals surface area (Å²) in [5, 5.41) is 13.1. The van der Waals surface area contributed by atoms with Gasteiger partial charge in [-0.05, 0) is 40.9 Å². The average Bonchev–Trinajstić information content (AvgIpc) is 2.46. The first-order chi connectivity index (χ1) is 9.95. The zero-order valence-electron chi connectivity index (χ0n) is 11.9. The van der Waals surface area contributed by atoms with Crippen molar-refractivity contribution in [3.05, 3.63) is 34.3 Å². The fraction of sp³-hybridized carbons (Fsp3) is 0.467. The number of nitrogens with one attached hydrogen (secondary N) is 1. The first-order valence-electron chi connectivity index (χ1n) is 6.92. The smallest absolute Gasteiger partial charge is 0.255 e. The molecule has 1 fully saturated rings. The number of carbonyl (C=O) groups excluding carboxylic acids is 2. The molecule has 5 nitrogen and oxygen atoms in total. The highest BCUT2D eigenvalue weighted by molar-refractivity contribution is 9.10. The summed E-state index contributed by atoms with van der Waals surface area (Å²) < 4.78 is 0.732. The van der Waals surface area contributed by atoms with Gasteiger partial charge in [-0.2, -0.15) is 0 Å². The van der Waals surface area contributed by atoms with Crippen LogP contribution in [0.25, 0.3) is 0 Å². The molecule has 2 rings (SSSR count). The van der Waals surface area contributed by atoms with Crippen LogP contribution in [0, 0.1) is 0 Å². The summed E-state index contributed by atoms with van der Waals surface area (Å²) in [7, 11) is 1.54. The fourth-order valence-electron chi connectivity index (χ4n) is 2.62. The minimum absolute atomic E-state index is 0.0171. The molecule has 1 saturated heterocycles. The molecule has 2 amide bonds. The maximum absolute atomic E-state index is 12.5. The van der Waals surface area contributed by atoms with Gasteiger partial charge in [-0.15, -0.1) is 0 Å². The number of benzene rings is 1. The van der Waals surface area contributed by atoms with E-state index in [1.807, 2.05) is 12.1 Å². The Hall–Kier alpha value is -1.40. The third kappa shape index (κ3) is 3.83. The van der Waals surface area contributed by atoms with Crippen LogP contribution in [0.1, 0.15) is 29.6 Å². The van der Waals surface area contributed by atoms with E-state index in [0.717, 1.165) is 4.47 Å². The number of likely N-dealkylation sites (tertiary alicyclic amines) is 1. The number of halogens is 1. The van der Waals surface area contributed by atoms with E-state index in [1.165, 1.54) is 0 Å². The van der Waals surface area contributed by atoms with Gasteiger partial charge in [-0.1, -0.05) is 12.1 Å². The summed E-state index contributed by atoms with van der Waals surface area (Å²) in [5.74, 6) is -0.342. The Morgan fingerprint density at radius 3 is 2.81 bits per heavy atom. The van der Waals surface area contributed by atoms with Crippen molar-refractivity contribution in [3.8, 4) is 0 Å². The second-order valence-corrected chi connectivity index (χ2v) is 6.24. The Bertz CT molecular complexity index is 549. The van der Waals surface area contributed by atoms with Crippen molar-refractivity contribution in [3.63, 3.8) is 0 Å². The van der Waals surface area contributed by atoms with Crippen LogP contribution in [-0.4, -0.2) is 47.6 Å². The van der Waals surface area contributed by atoms with E-state index in [1.54, 1.807) is 24.1 Å². The predicted octanol–water partition coefficient (Wildman–Crippen LogP) is 1.55. The molecule has 1 aromatic rings. The summed E-state index contributed by atoms with van der Waals surface area (Å²) in [6.07, 6.45) is 1.23. The summed E-state index contributed by atoms with van der Waals surface area (Å²) in [6, 6.07) is 7.21. The predicted molar refractivity (Wildman–Crippen MR) is 82.9 cm³/mol. The zero-order chi connectivity index (χ0) is 15.5. The molecule has 0 radical (unpaired) electrons. The van der Waals surface area contributed by atoms with E-state index in [-0.39, 0.29) is 24.8 Å². The van der Waals surface area contributed by atoms with Crippen LogP contribution in [0.4, 0.5) is 0 Å².